The predicted octanol–water partition coefficient (Wildman–Crippen LogP) is 2.15. The average molecular weight is 357 g/mol. The zero-order valence-electron chi connectivity index (χ0n) is 14.4. The number of benzene rings is 1. The molecule has 3 atom stereocenters. The number of hydrogen-bond donors (Lipinski definition) is 1. The van der Waals surface area contributed by atoms with Crippen LogP contribution < -0.4 is 10.4 Å². The van der Waals surface area contributed by atoms with E-state index in [9.17, 15) is 14.0 Å². The van der Waals surface area contributed by atoms with Crippen LogP contribution in [0.25, 0.3) is 0 Å². The van der Waals surface area contributed by atoms with Crippen molar-refractivity contribution in [3.8, 4) is 5.75 Å². The van der Waals surface area contributed by atoms with E-state index in [0.717, 1.165) is 12.8 Å². The van der Waals surface area contributed by atoms with Gasteiger partial charge in [0.25, 0.3) is 5.91 Å². The maximum atomic E-state index is 13.4. The van der Waals surface area contributed by atoms with Crippen molar-refractivity contribution in [3.63, 3.8) is 0 Å². The Kier molecular flexibility index (Phi) is 4.22. The van der Waals surface area contributed by atoms with E-state index in [1.54, 1.807) is 30.0 Å². The lowest BCUT2D eigenvalue weighted by Crippen LogP contribution is -2.34. The van der Waals surface area contributed by atoms with Gasteiger partial charge in [0, 0.05) is 30.8 Å². The molecule has 4 rings (SSSR count). The van der Waals surface area contributed by atoms with Crippen LogP contribution in [-0.4, -0.2) is 40.0 Å². The molecule has 1 aliphatic carbocycles. The molecule has 0 unspecified atom stereocenters. The van der Waals surface area contributed by atoms with Crippen molar-refractivity contribution < 1.29 is 13.9 Å². The van der Waals surface area contributed by atoms with Gasteiger partial charge in [0.2, 0.25) is 0 Å². The van der Waals surface area contributed by atoms with Gasteiger partial charge in [-0.15, -0.1) is 0 Å². The first-order valence-corrected chi connectivity index (χ1v) is 8.79. The highest BCUT2D eigenvalue weighted by molar-refractivity contribution is 5.92. The Hall–Kier alpha value is -2.70. The van der Waals surface area contributed by atoms with Crippen molar-refractivity contribution in [2.45, 2.75) is 25.9 Å². The maximum Gasteiger partial charge on any atom is 0.345 e. The first-order chi connectivity index (χ1) is 12.5. The van der Waals surface area contributed by atoms with Gasteiger partial charge in [0.05, 0.1) is 0 Å². The van der Waals surface area contributed by atoms with Crippen LogP contribution >= 0.6 is 0 Å². The number of amides is 1. The number of carbonyl (C=O) groups is 1. The lowest BCUT2D eigenvalue weighted by molar-refractivity contribution is 0.0756. The molecular weight excluding hydrogens is 337 g/mol. The molecule has 6 nitrogen and oxygen atoms in total. The Morgan fingerprint density at radius 1 is 1.31 bits per heavy atom. The monoisotopic (exact) mass is 357 g/mol. The number of halogens is 1. The van der Waals surface area contributed by atoms with Crippen LogP contribution in [-0.2, 0) is 0 Å². The third-order valence-corrected chi connectivity index (χ3v) is 5.26. The molecule has 2 aromatic rings. The molecule has 1 aliphatic heterocycles. The lowest BCUT2D eigenvalue weighted by atomic mass is 9.99. The van der Waals surface area contributed by atoms with E-state index in [-0.39, 0.29) is 29.4 Å². The second kappa shape index (κ2) is 6.55. The number of H-pyrrole nitrogens is 1. The van der Waals surface area contributed by atoms with E-state index >= 15 is 0 Å². The molecule has 2 aliphatic rings. The van der Waals surface area contributed by atoms with Crippen LogP contribution in [0.1, 0.15) is 29.0 Å². The molecule has 1 amide bonds. The summed E-state index contributed by atoms with van der Waals surface area (Å²) in [6.45, 7) is 2.93. The smallest absolute Gasteiger partial charge is 0.345 e. The molecule has 1 saturated carbocycles. The van der Waals surface area contributed by atoms with E-state index in [2.05, 4.69) is 9.97 Å². The van der Waals surface area contributed by atoms with Crippen molar-refractivity contribution in [2.75, 3.05) is 13.1 Å². The number of nitrogens with zero attached hydrogens (tertiary/aromatic N) is 2. The van der Waals surface area contributed by atoms with Crippen LogP contribution in [0.3, 0.4) is 0 Å². The van der Waals surface area contributed by atoms with E-state index in [1.165, 1.54) is 12.1 Å². The number of hydrogen-bond acceptors (Lipinski definition) is 4. The molecule has 2 heterocycles. The summed E-state index contributed by atoms with van der Waals surface area (Å²) in [5.41, 5.74) is 0.272. The molecule has 7 heteroatoms. The maximum absolute atomic E-state index is 13.4. The lowest BCUT2D eigenvalue weighted by Gasteiger charge is -2.22. The standard InChI is InChI=1S/C19H20FN3O3/c1-11-7-16(22-19(25)21-11)18(24)23-9-12-5-6-17(15(12)10-23)26-14-4-2-3-13(20)8-14/h2-4,7-8,12,15,17H,5-6,9-10H2,1H3,(H,21,22,25)/t12-,15+,17-/m0/s1. The third-order valence-electron chi connectivity index (χ3n) is 5.26. The second-order valence-electron chi connectivity index (χ2n) is 7.08. The van der Waals surface area contributed by atoms with E-state index in [0.29, 0.717) is 30.5 Å². The highest BCUT2D eigenvalue weighted by Crippen LogP contribution is 2.40. The summed E-state index contributed by atoms with van der Waals surface area (Å²) in [4.78, 5) is 32.3. The van der Waals surface area contributed by atoms with Crippen LogP contribution in [0.5, 0.6) is 5.75 Å². The molecule has 1 saturated heterocycles. The predicted molar refractivity (Wildman–Crippen MR) is 92.5 cm³/mol. The summed E-state index contributed by atoms with van der Waals surface area (Å²) in [7, 11) is 0. The number of aryl methyl sites for hydroxylation is 1. The first kappa shape index (κ1) is 16.8. The largest absolute Gasteiger partial charge is 0.490 e. The number of rotatable bonds is 3. The van der Waals surface area contributed by atoms with Gasteiger partial charge < -0.3 is 14.6 Å². The number of likely N-dealkylation sites (tertiary alicyclic amines) is 1. The second-order valence-corrected chi connectivity index (χ2v) is 7.08. The topological polar surface area (TPSA) is 75.3 Å². The summed E-state index contributed by atoms with van der Waals surface area (Å²) in [5, 5.41) is 0. The van der Waals surface area contributed by atoms with Gasteiger partial charge in [-0.1, -0.05) is 6.07 Å². The molecular formula is C19H20FN3O3. The highest BCUT2D eigenvalue weighted by atomic mass is 19.1. The molecule has 136 valence electrons. The first-order valence-electron chi connectivity index (χ1n) is 8.79. The quantitative estimate of drug-likeness (QED) is 0.913. The van der Waals surface area contributed by atoms with Crippen molar-refractivity contribution >= 4 is 5.91 Å². The van der Waals surface area contributed by atoms with Gasteiger partial charge in [-0.25, -0.2) is 9.18 Å². The molecule has 1 aromatic carbocycles. The van der Waals surface area contributed by atoms with Crippen LogP contribution in [0, 0.1) is 24.6 Å². The van der Waals surface area contributed by atoms with E-state index in [4.69, 9.17) is 4.74 Å². The molecule has 26 heavy (non-hydrogen) atoms. The summed E-state index contributed by atoms with van der Waals surface area (Å²) in [6.07, 6.45) is 1.83. The highest BCUT2D eigenvalue weighted by Gasteiger charge is 2.45. The van der Waals surface area contributed by atoms with Gasteiger partial charge in [-0.05, 0) is 43.9 Å². The Balaban J connectivity index is 1.47. The van der Waals surface area contributed by atoms with Crippen molar-refractivity contribution in [2.24, 2.45) is 11.8 Å². The fourth-order valence-electron chi connectivity index (χ4n) is 4.09. The van der Waals surface area contributed by atoms with Crippen molar-refractivity contribution in [1.29, 1.82) is 0 Å². The van der Waals surface area contributed by atoms with Crippen LogP contribution in [0.2, 0.25) is 0 Å². The van der Waals surface area contributed by atoms with Gasteiger partial charge >= 0.3 is 5.69 Å². The van der Waals surface area contributed by atoms with Crippen molar-refractivity contribution in [3.05, 3.63) is 58.0 Å². The van der Waals surface area contributed by atoms with Crippen molar-refractivity contribution in [1.82, 2.24) is 14.9 Å². The summed E-state index contributed by atoms with van der Waals surface area (Å²) in [5.74, 6) is 0.548. The SMILES string of the molecule is Cc1cc(C(=O)N2C[C@@H]3CC[C@H](Oc4cccc(F)c4)[C@@H]3C2)nc(=O)[nH]1. The Morgan fingerprint density at radius 3 is 2.92 bits per heavy atom. The molecule has 0 spiro atoms. The zero-order chi connectivity index (χ0) is 18.3. The Morgan fingerprint density at radius 2 is 2.15 bits per heavy atom. The molecule has 1 N–H and O–H groups in total. The Bertz CT molecular complexity index is 898. The van der Waals surface area contributed by atoms with Crippen LogP contribution in [0.4, 0.5) is 4.39 Å². The Labute approximate surface area is 150 Å². The number of ether oxygens (including phenoxy) is 1. The zero-order valence-corrected chi connectivity index (χ0v) is 14.4. The minimum atomic E-state index is -0.514. The van der Waals surface area contributed by atoms with Gasteiger partial charge in [-0.3, -0.25) is 4.79 Å². The molecule has 1 aromatic heterocycles. The fraction of sp³-hybridized carbons (Fsp3) is 0.421. The third kappa shape index (κ3) is 3.21. The van der Waals surface area contributed by atoms with Gasteiger partial charge in [-0.2, -0.15) is 4.98 Å². The van der Waals surface area contributed by atoms with Gasteiger partial charge in [0.1, 0.15) is 23.4 Å². The minimum absolute atomic E-state index is 0.0338. The summed E-state index contributed by atoms with van der Waals surface area (Å²) in [6, 6.07) is 7.74. The van der Waals surface area contributed by atoms with Crippen LogP contribution in [0.15, 0.2) is 35.1 Å². The number of fused-ring (bicyclic) bond motifs is 1. The van der Waals surface area contributed by atoms with E-state index < -0.39 is 5.69 Å². The molecule has 0 bridgehead atoms. The number of carbonyl (C=O) groups excluding carboxylic acids is 1. The molecule has 2 fully saturated rings. The number of nitrogens with one attached hydrogen (secondary N) is 1. The summed E-state index contributed by atoms with van der Waals surface area (Å²) < 4.78 is 19.4. The fourth-order valence-corrected chi connectivity index (χ4v) is 4.09. The number of aromatic nitrogens is 2. The normalized spacial score (nSPS) is 24.5. The minimum Gasteiger partial charge on any atom is -0.490 e. The summed E-state index contributed by atoms with van der Waals surface area (Å²) >= 11 is 0. The number of aromatic amines is 1. The van der Waals surface area contributed by atoms with E-state index in [1.807, 2.05) is 0 Å². The molecule has 0 radical (unpaired) electrons. The van der Waals surface area contributed by atoms with Gasteiger partial charge in [0.15, 0.2) is 0 Å². The average Bonchev–Trinajstić information content (AvgIpc) is 3.15.